The summed E-state index contributed by atoms with van der Waals surface area (Å²) in [4.78, 5) is 76.9. The number of rotatable bonds is 15. The number of amides is 2. The summed E-state index contributed by atoms with van der Waals surface area (Å²) in [5, 5.41) is 17.9. The van der Waals surface area contributed by atoms with E-state index in [1.807, 2.05) is 11.8 Å². The van der Waals surface area contributed by atoms with Crippen molar-refractivity contribution in [2.45, 2.75) is 44.5 Å². The molecule has 2 amide bonds. The zero-order chi connectivity index (χ0) is 35.2. The first-order valence-corrected chi connectivity index (χ1v) is 15.7. The van der Waals surface area contributed by atoms with E-state index in [0.717, 1.165) is 6.29 Å². The SMILES string of the molecule is C[C@@H]1C(OCCNC(=O)CCC(NC(=O)c2ccc(NCc3cnc4nc(N)[nH]c(=O)c4n3)cc2)C(=O)O)COCCOCCN1CC=O. The van der Waals surface area contributed by atoms with Crippen molar-refractivity contribution >= 4 is 46.9 Å². The molecule has 0 radical (unpaired) electrons. The number of aromatic amines is 1. The molecule has 49 heavy (non-hydrogen) atoms. The quantitative estimate of drug-likeness (QED) is 0.0856. The third-order valence-corrected chi connectivity index (χ3v) is 7.73. The van der Waals surface area contributed by atoms with Gasteiger partial charge in [0.15, 0.2) is 11.2 Å². The van der Waals surface area contributed by atoms with Gasteiger partial charge in [0.25, 0.3) is 11.5 Å². The van der Waals surface area contributed by atoms with E-state index in [4.69, 9.17) is 19.9 Å². The zero-order valence-electron chi connectivity index (χ0n) is 27.1. The van der Waals surface area contributed by atoms with Crippen LogP contribution in [-0.4, -0.2) is 125 Å². The molecule has 0 spiro atoms. The highest BCUT2D eigenvalue weighted by molar-refractivity contribution is 5.97. The normalized spacial score (nSPS) is 17.9. The number of carboxylic acids is 1. The number of fused-ring (bicyclic) bond motifs is 1. The maximum absolute atomic E-state index is 12.8. The monoisotopic (exact) mass is 683 g/mol. The molecule has 3 heterocycles. The van der Waals surface area contributed by atoms with Gasteiger partial charge in [-0.05, 0) is 37.6 Å². The van der Waals surface area contributed by atoms with Gasteiger partial charge in [0, 0.05) is 36.8 Å². The summed E-state index contributed by atoms with van der Waals surface area (Å²) in [6, 6.07) is 4.87. The number of aromatic nitrogens is 4. The molecular weight excluding hydrogens is 642 g/mol. The molecule has 0 bridgehead atoms. The zero-order valence-corrected chi connectivity index (χ0v) is 27.1. The smallest absolute Gasteiger partial charge is 0.326 e. The number of ether oxygens (including phenoxy) is 3. The number of aliphatic carboxylic acids is 1. The minimum absolute atomic E-state index is 0.0528. The van der Waals surface area contributed by atoms with E-state index >= 15 is 0 Å². The van der Waals surface area contributed by atoms with Gasteiger partial charge in [-0.25, -0.2) is 14.8 Å². The van der Waals surface area contributed by atoms with Crippen molar-refractivity contribution in [3.05, 3.63) is 52.1 Å². The Labute approximate surface area is 281 Å². The van der Waals surface area contributed by atoms with Crippen LogP contribution < -0.4 is 27.2 Å². The molecule has 0 saturated carbocycles. The molecular formula is C31H41N9O9. The summed E-state index contributed by atoms with van der Waals surface area (Å²) in [6.45, 7) is 4.95. The van der Waals surface area contributed by atoms with Gasteiger partial charge in [-0.15, -0.1) is 0 Å². The molecule has 4 rings (SSSR count). The van der Waals surface area contributed by atoms with E-state index in [1.165, 1.54) is 18.3 Å². The van der Waals surface area contributed by atoms with Crippen LogP contribution >= 0.6 is 0 Å². The highest BCUT2D eigenvalue weighted by atomic mass is 16.5. The minimum atomic E-state index is -1.29. The number of nitrogens with one attached hydrogen (secondary N) is 4. The second-order valence-corrected chi connectivity index (χ2v) is 11.2. The average Bonchev–Trinajstić information content (AvgIpc) is 3.08. The Balaban J connectivity index is 1.20. The van der Waals surface area contributed by atoms with Gasteiger partial charge in [-0.3, -0.25) is 24.3 Å². The second-order valence-electron chi connectivity index (χ2n) is 11.2. The van der Waals surface area contributed by atoms with E-state index < -0.39 is 29.4 Å². The van der Waals surface area contributed by atoms with Crippen LogP contribution in [-0.2, 0) is 35.1 Å². The number of H-pyrrole nitrogens is 1. The predicted octanol–water partition coefficient (Wildman–Crippen LogP) is -0.692. The highest BCUT2D eigenvalue weighted by Gasteiger charge is 2.26. The van der Waals surface area contributed by atoms with E-state index in [-0.39, 0.29) is 73.9 Å². The lowest BCUT2D eigenvalue weighted by Gasteiger charge is -2.34. The number of aldehydes is 1. The molecule has 264 valence electrons. The summed E-state index contributed by atoms with van der Waals surface area (Å²) in [5.41, 5.74) is 6.53. The number of hydrogen-bond donors (Lipinski definition) is 6. The Hall–Kier alpha value is -5.04. The van der Waals surface area contributed by atoms with E-state index in [0.29, 0.717) is 44.4 Å². The number of nitrogens with zero attached hydrogens (tertiary/aromatic N) is 4. The summed E-state index contributed by atoms with van der Waals surface area (Å²) in [7, 11) is 0. The Morgan fingerprint density at radius 3 is 2.71 bits per heavy atom. The van der Waals surface area contributed by atoms with Gasteiger partial charge in [0.2, 0.25) is 11.9 Å². The number of carbonyl (C=O) groups is 4. The van der Waals surface area contributed by atoms with Crippen LogP contribution in [0.1, 0.15) is 35.8 Å². The first-order chi connectivity index (χ1) is 23.6. The lowest BCUT2D eigenvalue weighted by molar-refractivity contribution is -0.139. The van der Waals surface area contributed by atoms with Gasteiger partial charge in [0.05, 0.1) is 64.1 Å². The Morgan fingerprint density at radius 2 is 1.96 bits per heavy atom. The lowest BCUT2D eigenvalue weighted by Crippen LogP contribution is -2.48. The first kappa shape index (κ1) is 36.8. The number of carboxylic acid groups (broad SMARTS) is 1. The molecule has 2 unspecified atom stereocenters. The molecule has 0 aliphatic carbocycles. The Morgan fingerprint density at radius 1 is 1.18 bits per heavy atom. The summed E-state index contributed by atoms with van der Waals surface area (Å²) in [6.07, 6.45) is 1.69. The van der Waals surface area contributed by atoms with E-state index in [1.54, 1.807) is 12.1 Å². The number of nitrogen functional groups attached to an aromatic ring is 1. The Bertz CT molecular complexity index is 1640. The summed E-state index contributed by atoms with van der Waals surface area (Å²) < 4.78 is 17.1. The van der Waals surface area contributed by atoms with Gasteiger partial charge >= 0.3 is 5.97 Å². The number of benzene rings is 1. The third kappa shape index (κ3) is 11.3. The molecule has 1 saturated heterocycles. The third-order valence-electron chi connectivity index (χ3n) is 7.73. The molecule has 1 fully saturated rings. The van der Waals surface area contributed by atoms with E-state index in [9.17, 15) is 29.1 Å². The molecule has 1 aromatic carbocycles. The van der Waals surface area contributed by atoms with Crippen molar-refractivity contribution < 1.29 is 38.5 Å². The number of anilines is 2. The van der Waals surface area contributed by atoms with Crippen LogP contribution in [0.3, 0.4) is 0 Å². The molecule has 1 aliphatic heterocycles. The van der Waals surface area contributed by atoms with Gasteiger partial charge in [-0.2, -0.15) is 4.98 Å². The maximum atomic E-state index is 12.8. The minimum Gasteiger partial charge on any atom is -0.480 e. The first-order valence-electron chi connectivity index (χ1n) is 15.7. The molecule has 3 atom stereocenters. The van der Waals surface area contributed by atoms with Gasteiger partial charge < -0.3 is 45.8 Å². The van der Waals surface area contributed by atoms with Gasteiger partial charge in [0.1, 0.15) is 12.3 Å². The van der Waals surface area contributed by atoms with Crippen molar-refractivity contribution in [3.8, 4) is 0 Å². The number of hydrogen-bond acceptors (Lipinski definition) is 14. The molecule has 1 aliphatic rings. The number of carbonyl (C=O) groups excluding carboxylic acids is 3. The summed E-state index contributed by atoms with van der Waals surface area (Å²) >= 11 is 0. The molecule has 7 N–H and O–H groups in total. The predicted molar refractivity (Wildman–Crippen MR) is 176 cm³/mol. The molecule has 2 aromatic heterocycles. The van der Waals surface area contributed by atoms with Gasteiger partial charge in [-0.1, -0.05) is 0 Å². The van der Waals surface area contributed by atoms with Crippen molar-refractivity contribution in [2.24, 2.45) is 0 Å². The van der Waals surface area contributed by atoms with Crippen LogP contribution in [0.4, 0.5) is 11.6 Å². The Kier molecular flexibility index (Phi) is 13.9. The number of nitrogens with two attached hydrogens (primary N) is 1. The largest absolute Gasteiger partial charge is 0.480 e. The van der Waals surface area contributed by atoms with E-state index in [2.05, 4.69) is 35.9 Å². The topological polar surface area (TPSA) is 253 Å². The average molecular weight is 684 g/mol. The van der Waals surface area contributed by atoms with Crippen LogP contribution in [0.2, 0.25) is 0 Å². The maximum Gasteiger partial charge on any atom is 0.326 e. The van der Waals surface area contributed by atoms with Crippen LogP contribution in [0.25, 0.3) is 11.2 Å². The molecule has 18 heteroatoms. The summed E-state index contributed by atoms with van der Waals surface area (Å²) in [5.74, 6) is -2.34. The fourth-order valence-corrected chi connectivity index (χ4v) is 4.97. The van der Waals surface area contributed by atoms with Crippen molar-refractivity contribution in [2.75, 3.05) is 63.7 Å². The fraction of sp³-hybridized carbons (Fsp3) is 0.484. The molecule has 3 aromatic rings. The standard InChI is InChI=1S/C31H41N9O9/c1-19-24(18-48-15-14-47-13-10-40(19)9-11-41)49-12-8-33-25(42)7-6-23(30(45)46)37-28(43)20-2-4-21(5-3-20)34-16-22-17-35-27-26(36-22)29(44)39-31(32)38-27/h2-5,11,17,19,23-24,34H,6-10,12-16,18H2,1H3,(H,33,42)(H,37,43)(H,45,46)(H3,32,35,38,39,44)/t19-,23?,24?/m1/s1. The molecule has 18 nitrogen and oxygen atoms in total. The highest BCUT2D eigenvalue weighted by Crippen LogP contribution is 2.13. The van der Waals surface area contributed by atoms with Crippen molar-refractivity contribution in [3.63, 3.8) is 0 Å². The van der Waals surface area contributed by atoms with Crippen LogP contribution in [0.5, 0.6) is 0 Å². The fourth-order valence-electron chi connectivity index (χ4n) is 4.97. The lowest BCUT2D eigenvalue weighted by atomic mass is 10.1. The van der Waals surface area contributed by atoms with Crippen molar-refractivity contribution in [1.82, 2.24) is 35.5 Å². The second kappa shape index (κ2) is 18.5. The van der Waals surface area contributed by atoms with Crippen molar-refractivity contribution in [1.29, 1.82) is 0 Å². The van der Waals surface area contributed by atoms with Crippen LogP contribution in [0, 0.1) is 0 Å². The van der Waals surface area contributed by atoms with Crippen LogP contribution in [0.15, 0.2) is 35.3 Å².